The minimum Gasteiger partial charge on any atom is -0.352 e. The second-order valence-corrected chi connectivity index (χ2v) is 6.29. The van der Waals surface area contributed by atoms with Crippen LogP contribution in [0.1, 0.15) is 0 Å². The van der Waals surface area contributed by atoms with Crippen LogP contribution in [-0.4, -0.2) is 61.3 Å². The number of nitrogens with zero attached hydrogens (tertiary/aromatic N) is 8. The third-order valence-corrected chi connectivity index (χ3v) is 4.73. The third-order valence-electron chi connectivity index (χ3n) is 4.73. The van der Waals surface area contributed by atoms with Gasteiger partial charge in [0.05, 0.1) is 12.0 Å². The van der Waals surface area contributed by atoms with Crippen LogP contribution in [0.25, 0.3) is 22.4 Å². The van der Waals surface area contributed by atoms with E-state index in [0.29, 0.717) is 5.65 Å². The lowest BCUT2D eigenvalue weighted by atomic mass is 10.2. The molecule has 4 aromatic heterocycles. The predicted octanol–water partition coefficient (Wildman–Crippen LogP) is 1.53. The number of aromatic nitrogens is 7. The van der Waals surface area contributed by atoms with Crippen molar-refractivity contribution in [2.45, 2.75) is 0 Å². The quantitative estimate of drug-likeness (QED) is 0.588. The van der Waals surface area contributed by atoms with E-state index in [2.05, 4.69) is 44.9 Å². The van der Waals surface area contributed by atoms with E-state index in [4.69, 9.17) is 0 Å². The Labute approximate surface area is 155 Å². The van der Waals surface area contributed by atoms with Gasteiger partial charge < -0.3 is 14.8 Å². The zero-order valence-electron chi connectivity index (χ0n) is 14.5. The summed E-state index contributed by atoms with van der Waals surface area (Å²) in [4.78, 5) is 24.5. The number of rotatable bonds is 3. The molecule has 0 spiro atoms. The standard InChI is InChI=1S/C18H17N9/c1-2-15(25-24-14(1)13-3-5-19-6-4-13)26-7-9-27(10-8-26)18-16-17(21-11-20-16)22-12-23-18/h1-6,11-12H,7-10H2,(H,20,21,22,23). The lowest BCUT2D eigenvalue weighted by molar-refractivity contribution is 0.639. The van der Waals surface area contributed by atoms with Crippen molar-refractivity contribution in [1.29, 1.82) is 0 Å². The Hall–Kier alpha value is -3.62. The Morgan fingerprint density at radius 1 is 0.815 bits per heavy atom. The molecule has 5 heterocycles. The molecule has 0 amide bonds. The fraction of sp³-hybridized carbons (Fsp3) is 0.222. The van der Waals surface area contributed by atoms with Crippen LogP contribution in [0.5, 0.6) is 0 Å². The molecule has 0 saturated carbocycles. The van der Waals surface area contributed by atoms with Crippen LogP contribution < -0.4 is 9.80 Å². The minimum atomic E-state index is 0.694. The van der Waals surface area contributed by atoms with E-state index >= 15 is 0 Å². The zero-order valence-corrected chi connectivity index (χ0v) is 14.5. The number of aromatic amines is 1. The van der Waals surface area contributed by atoms with Crippen molar-refractivity contribution >= 4 is 22.8 Å². The molecule has 0 atom stereocenters. The van der Waals surface area contributed by atoms with Crippen LogP contribution in [-0.2, 0) is 0 Å². The Kier molecular flexibility index (Phi) is 3.82. The monoisotopic (exact) mass is 359 g/mol. The van der Waals surface area contributed by atoms with Crippen molar-refractivity contribution in [1.82, 2.24) is 35.1 Å². The fourth-order valence-corrected chi connectivity index (χ4v) is 3.31. The summed E-state index contributed by atoms with van der Waals surface area (Å²) in [5.41, 5.74) is 3.44. The Balaban J connectivity index is 1.30. The van der Waals surface area contributed by atoms with Crippen molar-refractivity contribution in [2.75, 3.05) is 36.0 Å². The van der Waals surface area contributed by atoms with E-state index in [0.717, 1.165) is 54.6 Å². The number of nitrogens with one attached hydrogen (secondary N) is 1. The number of pyridine rings is 1. The predicted molar refractivity (Wildman–Crippen MR) is 101 cm³/mol. The number of hydrogen-bond donors (Lipinski definition) is 1. The molecule has 0 aromatic carbocycles. The summed E-state index contributed by atoms with van der Waals surface area (Å²) in [6.07, 6.45) is 6.73. The van der Waals surface area contributed by atoms with Crippen molar-refractivity contribution in [2.24, 2.45) is 0 Å². The molecule has 0 radical (unpaired) electrons. The average molecular weight is 359 g/mol. The van der Waals surface area contributed by atoms with Gasteiger partial charge in [0.2, 0.25) is 0 Å². The van der Waals surface area contributed by atoms with Crippen molar-refractivity contribution < 1.29 is 0 Å². The first-order valence-electron chi connectivity index (χ1n) is 8.76. The number of hydrogen-bond acceptors (Lipinski definition) is 8. The average Bonchev–Trinajstić information content (AvgIpc) is 3.24. The van der Waals surface area contributed by atoms with Crippen LogP contribution >= 0.6 is 0 Å². The van der Waals surface area contributed by atoms with Gasteiger partial charge in [0, 0.05) is 44.1 Å². The molecule has 9 heteroatoms. The largest absolute Gasteiger partial charge is 0.352 e. The van der Waals surface area contributed by atoms with Crippen LogP contribution in [0.15, 0.2) is 49.3 Å². The molecular formula is C18H17N9. The van der Waals surface area contributed by atoms with Gasteiger partial charge in [-0.25, -0.2) is 15.0 Å². The molecule has 1 fully saturated rings. The Morgan fingerprint density at radius 3 is 2.41 bits per heavy atom. The molecule has 1 aliphatic heterocycles. The van der Waals surface area contributed by atoms with Crippen molar-refractivity contribution in [3.8, 4) is 11.3 Å². The van der Waals surface area contributed by atoms with Crippen molar-refractivity contribution in [3.63, 3.8) is 0 Å². The van der Waals surface area contributed by atoms with Crippen LogP contribution in [0.4, 0.5) is 11.6 Å². The molecule has 134 valence electrons. The maximum Gasteiger partial charge on any atom is 0.182 e. The topological polar surface area (TPSA) is 99.6 Å². The molecule has 9 nitrogen and oxygen atoms in total. The summed E-state index contributed by atoms with van der Waals surface area (Å²) in [7, 11) is 0. The van der Waals surface area contributed by atoms with E-state index < -0.39 is 0 Å². The number of imidazole rings is 1. The summed E-state index contributed by atoms with van der Waals surface area (Å²) in [5.74, 6) is 1.79. The first kappa shape index (κ1) is 15.6. The highest BCUT2D eigenvalue weighted by molar-refractivity contribution is 5.82. The lowest BCUT2D eigenvalue weighted by Crippen LogP contribution is -2.47. The highest BCUT2D eigenvalue weighted by Crippen LogP contribution is 2.23. The maximum atomic E-state index is 4.44. The Bertz CT molecular complexity index is 1040. The van der Waals surface area contributed by atoms with E-state index in [9.17, 15) is 0 Å². The van der Waals surface area contributed by atoms with Gasteiger partial charge in [-0.05, 0) is 24.3 Å². The van der Waals surface area contributed by atoms with Gasteiger partial charge >= 0.3 is 0 Å². The molecule has 5 rings (SSSR count). The van der Waals surface area contributed by atoms with Gasteiger partial charge in [-0.3, -0.25) is 4.98 Å². The third kappa shape index (κ3) is 2.92. The number of H-pyrrole nitrogens is 1. The van der Waals surface area contributed by atoms with Crippen molar-refractivity contribution in [3.05, 3.63) is 49.3 Å². The summed E-state index contributed by atoms with van der Waals surface area (Å²) in [6, 6.07) is 7.89. The summed E-state index contributed by atoms with van der Waals surface area (Å²) in [5, 5.41) is 8.78. The molecule has 0 aliphatic carbocycles. The SMILES string of the molecule is c1cc(-c2ccc(N3CCN(c4ncnc5nc[nH]c45)CC3)nn2)ccn1. The van der Waals surface area contributed by atoms with E-state index in [-0.39, 0.29) is 0 Å². The first-order valence-corrected chi connectivity index (χ1v) is 8.76. The molecule has 27 heavy (non-hydrogen) atoms. The van der Waals surface area contributed by atoms with Gasteiger partial charge in [0.15, 0.2) is 17.3 Å². The maximum absolute atomic E-state index is 4.44. The van der Waals surface area contributed by atoms with E-state index in [1.165, 1.54) is 0 Å². The molecule has 1 N–H and O–H groups in total. The summed E-state index contributed by atoms with van der Waals surface area (Å²) in [6.45, 7) is 3.39. The second kappa shape index (κ2) is 6.60. The lowest BCUT2D eigenvalue weighted by Gasteiger charge is -2.35. The summed E-state index contributed by atoms with van der Waals surface area (Å²) >= 11 is 0. The minimum absolute atomic E-state index is 0.694. The van der Waals surface area contributed by atoms with Gasteiger partial charge in [0.25, 0.3) is 0 Å². The second-order valence-electron chi connectivity index (χ2n) is 6.29. The van der Waals surface area contributed by atoms with Crippen LogP contribution in [0.3, 0.4) is 0 Å². The number of piperazine rings is 1. The highest BCUT2D eigenvalue weighted by Gasteiger charge is 2.21. The van der Waals surface area contributed by atoms with Gasteiger partial charge in [-0.1, -0.05) is 0 Å². The number of anilines is 2. The van der Waals surface area contributed by atoms with Gasteiger partial charge in [0.1, 0.15) is 11.8 Å². The molecule has 1 aliphatic rings. The fourth-order valence-electron chi connectivity index (χ4n) is 3.31. The molecule has 4 aromatic rings. The molecular weight excluding hydrogens is 342 g/mol. The van der Waals surface area contributed by atoms with E-state index in [1.807, 2.05) is 24.3 Å². The normalized spacial score (nSPS) is 14.7. The van der Waals surface area contributed by atoms with Crippen LogP contribution in [0.2, 0.25) is 0 Å². The highest BCUT2D eigenvalue weighted by atomic mass is 15.3. The molecule has 0 unspecified atom stereocenters. The van der Waals surface area contributed by atoms with E-state index in [1.54, 1.807) is 25.0 Å². The van der Waals surface area contributed by atoms with Gasteiger partial charge in [-0.15, -0.1) is 10.2 Å². The summed E-state index contributed by atoms with van der Waals surface area (Å²) < 4.78 is 0. The first-order chi connectivity index (χ1) is 13.4. The van der Waals surface area contributed by atoms with Gasteiger partial charge in [-0.2, -0.15) is 0 Å². The number of fused-ring (bicyclic) bond motifs is 1. The zero-order chi connectivity index (χ0) is 18.1. The van der Waals surface area contributed by atoms with Crippen LogP contribution in [0, 0.1) is 0 Å². The smallest absolute Gasteiger partial charge is 0.182 e. The molecule has 0 bridgehead atoms. The molecule has 1 saturated heterocycles. The Morgan fingerprint density at radius 2 is 1.63 bits per heavy atom.